The summed E-state index contributed by atoms with van der Waals surface area (Å²) < 4.78 is 0. The minimum absolute atomic E-state index is 0.0423. The summed E-state index contributed by atoms with van der Waals surface area (Å²) in [5.41, 5.74) is 0. The molecule has 6 heteroatoms. The molecule has 0 radical (unpaired) electrons. The van der Waals surface area contributed by atoms with Gasteiger partial charge in [-0.3, -0.25) is 14.9 Å². The summed E-state index contributed by atoms with van der Waals surface area (Å²) in [5.74, 6) is -0.389. The van der Waals surface area contributed by atoms with Crippen molar-refractivity contribution < 1.29 is 19.5 Å². The average molecular weight is 298 g/mol. The van der Waals surface area contributed by atoms with Crippen molar-refractivity contribution in [2.45, 2.75) is 52.4 Å². The van der Waals surface area contributed by atoms with Crippen molar-refractivity contribution in [2.24, 2.45) is 17.8 Å². The number of carboxylic acids is 1. The summed E-state index contributed by atoms with van der Waals surface area (Å²) in [4.78, 5) is 33.7. The summed E-state index contributed by atoms with van der Waals surface area (Å²) in [6, 6.07) is -0.485. The molecule has 0 aromatic heterocycles. The van der Waals surface area contributed by atoms with Crippen molar-refractivity contribution >= 4 is 17.9 Å². The number of urea groups is 1. The maximum absolute atomic E-state index is 11.6. The van der Waals surface area contributed by atoms with Crippen LogP contribution in [0.2, 0.25) is 0 Å². The zero-order chi connectivity index (χ0) is 15.8. The topological polar surface area (TPSA) is 95.5 Å². The second-order valence-electron chi connectivity index (χ2n) is 6.29. The number of aliphatic carboxylic acids is 1. The molecule has 1 unspecified atom stereocenters. The first-order valence-corrected chi connectivity index (χ1v) is 7.66. The third kappa shape index (κ3) is 7.68. The van der Waals surface area contributed by atoms with E-state index < -0.39 is 17.9 Å². The van der Waals surface area contributed by atoms with Crippen molar-refractivity contribution in [1.82, 2.24) is 10.6 Å². The van der Waals surface area contributed by atoms with Gasteiger partial charge < -0.3 is 10.4 Å². The fraction of sp³-hybridized carbons (Fsp3) is 0.800. The van der Waals surface area contributed by atoms with E-state index in [4.69, 9.17) is 5.11 Å². The van der Waals surface area contributed by atoms with Gasteiger partial charge in [0, 0.05) is 19.4 Å². The van der Waals surface area contributed by atoms with Gasteiger partial charge in [-0.05, 0) is 30.6 Å². The van der Waals surface area contributed by atoms with Crippen molar-refractivity contribution in [1.29, 1.82) is 0 Å². The SMILES string of the molecule is CC1CCC(CNC(=O)NC(=O)CC(C)CC(=O)O)CC1. The Balaban J connectivity index is 2.18. The van der Waals surface area contributed by atoms with Crippen LogP contribution in [-0.4, -0.2) is 29.6 Å². The lowest BCUT2D eigenvalue weighted by Crippen LogP contribution is -2.42. The van der Waals surface area contributed by atoms with Crippen LogP contribution < -0.4 is 10.6 Å². The molecule has 1 saturated carbocycles. The number of carboxylic acid groups (broad SMARTS) is 1. The molecule has 1 rings (SSSR count). The molecule has 1 fully saturated rings. The van der Waals surface area contributed by atoms with Gasteiger partial charge >= 0.3 is 12.0 Å². The number of hydrogen-bond donors (Lipinski definition) is 3. The van der Waals surface area contributed by atoms with Crippen molar-refractivity contribution in [3.8, 4) is 0 Å². The Bertz CT molecular complexity index is 376. The van der Waals surface area contributed by atoms with Crippen LogP contribution in [0.5, 0.6) is 0 Å². The number of amides is 3. The summed E-state index contributed by atoms with van der Waals surface area (Å²) in [6.07, 6.45) is 4.59. The van der Waals surface area contributed by atoms with Crippen molar-refractivity contribution in [3.05, 3.63) is 0 Å². The number of hydrogen-bond acceptors (Lipinski definition) is 3. The minimum atomic E-state index is -0.939. The molecule has 1 aliphatic carbocycles. The molecule has 0 bridgehead atoms. The monoisotopic (exact) mass is 298 g/mol. The summed E-state index contributed by atoms with van der Waals surface area (Å²) in [6.45, 7) is 4.51. The molecule has 0 saturated heterocycles. The molecular weight excluding hydrogens is 272 g/mol. The Morgan fingerprint density at radius 3 is 2.33 bits per heavy atom. The van der Waals surface area contributed by atoms with Crippen LogP contribution in [0.1, 0.15) is 52.4 Å². The second-order valence-corrected chi connectivity index (χ2v) is 6.29. The Kier molecular flexibility index (Phi) is 7.19. The van der Waals surface area contributed by atoms with Gasteiger partial charge in [-0.2, -0.15) is 0 Å². The quantitative estimate of drug-likeness (QED) is 0.700. The Hall–Kier alpha value is -1.59. The fourth-order valence-corrected chi connectivity index (χ4v) is 2.68. The summed E-state index contributed by atoms with van der Waals surface area (Å²) >= 11 is 0. The lowest BCUT2D eigenvalue weighted by Gasteiger charge is -2.26. The standard InChI is InChI=1S/C15H26N2O4/c1-10-3-5-12(6-4-10)9-16-15(21)17-13(18)7-11(2)8-14(19)20/h10-12H,3-9H2,1-2H3,(H,19,20)(H2,16,17,18,21). The van der Waals surface area contributed by atoms with Crippen molar-refractivity contribution in [3.63, 3.8) is 0 Å². The maximum Gasteiger partial charge on any atom is 0.321 e. The van der Waals surface area contributed by atoms with E-state index in [-0.39, 0.29) is 18.8 Å². The van der Waals surface area contributed by atoms with E-state index in [9.17, 15) is 14.4 Å². The third-order valence-electron chi connectivity index (χ3n) is 4.00. The van der Waals surface area contributed by atoms with E-state index in [1.807, 2.05) is 0 Å². The lowest BCUT2D eigenvalue weighted by molar-refractivity contribution is -0.138. The van der Waals surface area contributed by atoms with Gasteiger partial charge in [0.05, 0.1) is 0 Å². The van der Waals surface area contributed by atoms with Crippen molar-refractivity contribution in [2.75, 3.05) is 6.54 Å². The Labute approximate surface area is 125 Å². The zero-order valence-electron chi connectivity index (χ0n) is 12.9. The minimum Gasteiger partial charge on any atom is -0.481 e. The molecule has 0 spiro atoms. The van der Waals surface area contributed by atoms with Gasteiger partial charge in [0.1, 0.15) is 0 Å². The highest BCUT2D eigenvalue weighted by Gasteiger charge is 2.19. The van der Waals surface area contributed by atoms with Crippen LogP contribution in [0.15, 0.2) is 0 Å². The highest BCUT2D eigenvalue weighted by molar-refractivity contribution is 5.94. The van der Waals surface area contributed by atoms with Gasteiger partial charge in [0.2, 0.25) is 5.91 Å². The highest BCUT2D eigenvalue weighted by atomic mass is 16.4. The number of carbonyl (C=O) groups excluding carboxylic acids is 2. The van der Waals surface area contributed by atoms with Crippen LogP contribution in [0.3, 0.4) is 0 Å². The van der Waals surface area contributed by atoms with E-state index in [1.54, 1.807) is 6.92 Å². The normalized spacial score (nSPS) is 23.1. The van der Waals surface area contributed by atoms with E-state index >= 15 is 0 Å². The smallest absolute Gasteiger partial charge is 0.321 e. The largest absolute Gasteiger partial charge is 0.481 e. The first-order valence-electron chi connectivity index (χ1n) is 7.66. The second kappa shape index (κ2) is 8.64. The van der Waals surface area contributed by atoms with Gasteiger partial charge in [-0.15, -0.1) is 0 Å². The molecule has 6 nitrogen and oxygen atoms in total. The number of rotatable bonds is 6. The van der Waals surface area contributed by atoms with Gasteiger partial charge in [0.15, 0.2) is 0 Å². The van der Waals surface area contributed by atoms with Crippen LogP contribution >= 0.6 is 0 Å². The molecule has 21 heavy (non-hydrogen) atoms. The average Bonchev–Trinajstić information content (AvgIpc) is 2.36. The highest BCUT2D eigenvalue weighted by Crippen LogP contribution is 2.27. The molecule has 3 amide bonds. The molecule has 0 aromatic carbocycles. The number of imide groups is 1. The van der Waals surface area contributed by atoms with Gasteiger partial charge in [-0.25, -0.2) is 4.79 Å². The predicted molar refractivity (Wildman–Crippen MR) is 78.7 cm³/mol. The van der Waals surface area contributed by atoms with E-state index in [2.05, 4.69) is 17.6 Å². The molecule has 1 aliphatic rings. The van der Waals surface area contributed by atoms with Crippen LogP contribution in [0.4, 0.5) is 4.79 Å². The Morgan fingerprint density at radius 1 is 1.14 bits per heavy atom. The predicted octanol–water partition coefficient (Wildman–Crippen LogP) is 2.14. The zero-order valence-corrected chi connectivity index (χ0v) is 12.9. The molecular formula is C15H26N2O4. The van der Waals surface area contributed by atoms with Gasteiger partial charge in [-0.1, -0.05) is 26.7 Å². The first-order chi connectivity index (χ1) is 9.86. The van der Waals surface area contributed by atoms with Crippen LogP contribution in [-0.2, 0) is 9.59 Å². The van der Waals surface area contributed by atoms with Crippen LogP contribution in [0.25, 0.3) is 0 Å². The maximum atomic E-state index is 11.6. The molecule has 3 N–H and O–H groups in total. The molecule has 0 aliphatic heterocycles. The van der Waals surface area contributed by atoms with E-state index in [0.717, 1.165) is 18.8 Å². The molecule has 120 valence electrons. The number of carbonyl (C=O) groups is 3. The van der Waals surface area contributed by atoms with E-state index in [1.165, 1.54) is 12.8 Å². The number of nitrogens with one attached hydrogen (secondary N) is 2. The van der Waals surface area contributed by atoms with E-state index in [0.29, 0.717) is 12.5 Å². The fourth-order valence-electron chi connectivity index (χ4n) is 2.68. The van der Waals surface area contributed by atoms with Crippen LogP contribution in [0, 0.1) is 17.8 Å². The Morgan fingerprint density at radius 2 is 1.76 bits per heavy atom. The third-order valence-corrected chi connectivity index (χ3v) is 4.00. The molecule has 0 heterocycles. The molecule has 1 atom stereocenters. The lowest BCUT2D eigenvalue weighted by atomic mass is 9.83. The molecule has 0 aromatic rings. The first kappa shape index (κ1) is 17.5. The summed E-state index contributed by atoms with van der Waals surface area (Å²) in [5, 5.41) is 13.6. The summed E-state index contributed by atoms with van der Waals surface area (Å²) in [7, 11) is 0. The van der Waals surface area contributed by atoms with Gasteiger partial charge in [0.25, 0.3) is 0 Å².